The molecule has 2 N–H and O–H groups in total. The average molecular weight is 255 g/mol. The molecule has 2 aromatic rings. The maximum absolute atomic E-state index is 6.02. The smallest absolute Gasteiger partial charge is 0.124 e. The molecule has 0 aliphatic heterocycles. The van der Waals surface area contributed by atoms with Crippen molar-refractivity contribution in [2.24, 2.45) is 5.73 Å². The van der Waals surface area contributed by atoms with Gasteiger partial charge in [0.25, 0.3) is 0 Å². The molecule has 0 aromatic heterocycles. The number of nitrogens with two attached hydrogens (primary N) is 1. The second-order valence-corrected chi connectivity index (χ2v) is 5.04. The van der Waals surface area contributed by atoms with Crippen molar-refractivity contribution in [2.75, 3.05) is 0 Å². The fraction of sp³-hybridized carbons (Fsp3) is 0.294. The monoisotopic (exact) mass is 255 g/mol. The highest BCUT2D eigenvalue weighted by atomic mass is 16.5. The van der Waals surface area contributed by atoms with Gasteiger partial charge in [0, 0.05) is 11.6 Å². The van der Waals surface area contributed by atoms with Crippen LogP contribution in [0, 0.1) is 13.8 Å². The normalized spacial score (nSPS) is 12.2. The van der Waals surface area contributed by atoms with Crippen LogP contribution in [0.4, 0.5) is 0 Å². The van der Waals surface area contributed by atoms with Gasteiger partial charge in [-0.1, -0.05) is 36.4 Å². The molecule has 0 radical (unpaired) electrons. The molecule has 100 valence electrons. The summed E-state index contributed by atoms with van der Waals surface area (Å²) in [6, 6.07) is 14.4. The largest absolute Gasteiger partial charge is 0.489 e. The molecule has 0 bridgehead atoms. The van der Waals surface area contributed by atoms with Crippen LogP contribution in [0.1, 0.15) is 35.2 Å². The molecule has 2 nitrogen and oxygen atoms in total. The molecule has 0 aliphatic rings. The number of aryl methyl sites for hydroxylation is 2. The fourth-order valence-electron chi connectivity index (χ4n) is 2.03. The minimum atomic E-state index is -0.0231. The van der Waals surface area contributed by atoms with Crippen LogP contribution in [0.5, 0.6) is 5.75 Å². The van der Waals surface area contributed by atoms with Crippen molar-refractivity contribution < 1.29 is 4.74 Å². The van der Waals surface area contributed by atoms with Crippen molar-refractivity contribution in [3.63, 3.8) is 0 Å². The lowest BCUT2D eigenvalue weighted by atomic mass is 10.0. The molecule has 0 heterocycles. The quantitative estimate of drug-likeness (QED) is 0.899. The summed E-state index contributed by atoms with van der Waals surface area (Å²) in [4.78, 5) is 0. The highest BCUT2D eigenvalue weighted by molar-refractivity contribution is 5.43. The van der Waals surface area contributed by atoms with Gasteiger partial charge in [-0.15, -0.1) is 0 Å². The summed E-state index contributed by atoms with van der Waals surface area (Å²) in [5, 5.41) is 0. The molecular weight excluding hydrogens is 234 g/mol. The van der Waals surface area contributed by atoms with E-state index in [4.69, 9.17) is 10.5 Å². The third-order valence-electron chi connectivity index (χ3n) is 3.35. The summed E-state index contributed by atoms with van der Waals surface area (Å²) in [5.41, 5.74) is 10.7. The first kappa shape index (κ1) is 13.6. The Morgan fingerprint density at radius 3 is 2.32 bits per heavy atom. The number of rotatable bonds is 4. The SMILES string of the molecule is Cc1cc(OCc2ccccc2)c(C(C)N)cc1C. The minimum Gasteiger partial charge on any atom is -0.489 e. The van der Waals surface area contributed by atoms with E-state index < -0.39 is 0 Å². The topological polar surface area (TPSA) is 35.2 Å². The van der Waals surface area contributed by atoms with Gasteiger partial charge in [0.2, 0.25) is 0 Å². The molecule has 0 spiro atoms. The van der Waals surface area contributed by atoms with Gasteiger partial charge in [0.05, 0.1) is 0 Å². The first-order valence-corrected chi connectivity index (χ1v) is 6.61. The van der Waals surface area contributed by atoms with Crippen LogP contribution < -0.4 is 10.5 Å². The zero-order chi connectivity index (χ0) is 13.8. The van der Waals surface area contributed by atoms with Crippen molar-refractivity contribution >= 4 is 0 Å². The van der Waals surface area contributed by atoms with Gasteiger partial charge in [-0.3, -0.25) is 0 Å². The molecule has 0 fully saturated rings. The van der Waals surface area contributed by atoms with Gasteiger partial charge in [-0.25, -0.2) is 0 Å². The van der Waals surface area contributed by atoms with Crippen LogP contribution in [-0.2, 0) is 6.61 Å². The summed E-state index contributed by atoms with van der Waals surface area (Å²) in [6.07, 6.45) is 0. The molecule has 0 saturated heterocycles. The zero-order valence-electron chi connectivity index (χ0n) is 11.8. The van der Waals surface area contributed by atoms with E-state index in [1.54, 1.807) is 0 Å². The molecule has 2 rings (SSSR count). The van der Waals surface area contributed by atoms with Gasteiger partial charge in [0.1, 0.15) is 12.4 Å². The molecule has 2 heteroatoms. The lowest BCUT2D eigenvalue weighted by molar-refractivity contribution is 0.301. The Morgan fingerprint density at radius 2 is 1.68 bits per heavy atom. The lowest BCUT2D eigenvalue weighted by Gasteiger charge is -2.16. The van der Waals surface area contributed by atoms with E-state index >= 15 is 0 Å². The van der Waals surface area contributed by atoms with E-state index in [2.05, 4.69) is 38.1 Å². The van der Waals surface area contributed by atoms with Crippen LogP contribution in [0.15, 0.2) is 42.5 Å². The lowest BCUT2D eigenvalue weighted by Crippen LogP contribution is -2.09. The predicted octanol–water partition coefficient (Wildman–Crippen LogP) is 3.90. The van der Waals surface area contributed by atoms with Gasteiger partial charge in [-0.05, 0) is 43.5 Å². The maximum atomic E-state index is 6.02. The van der Waals surface area contributed by atoms with E-state index in [0.717, 1.165) is 16.9 Å². The van der Waals surface area contributed by atoms with Gasteiger partial charge >= 0.3 is 0 Å². The second kappa shape index (κ2) is 5.89. The maximum Gasteiger partial charge on any atom is 0.124 e. The van der Waals surface area contributed by atoms with Crippen LogP contribution in [-0.4, -0.2) is 0 Å². The van der Waals surface area contributed by atoms with E-state index in [1.165, 1.54) is 11.1 Å². The van der Waals surface area contributed by atoms with E-state index in [1.807, 2.05) is 25.1 Å². The Balaban J connectivity index is 2.22. The molecule has 0 amide bonds. The van der Waals surface area contributed by atoms with E-state index in [0.29, 0.717) is 6.61 Å². The number of benzene rings is 2. The van der Waals surface area contributed by atoms with Crippen molar-refractivity contribution in [3.8, 4) is 5.75 Å². The zero-order valence-corrected chi connectivity index (χ0v) is 11.8. The third kappa shape index (κ3) is 3.36. The van der Waals surface area contributed by atoms with Gasteiger partial charge in [0.15, 0.2) is 0 Å². The molecule has 1 atom stereocenters. The van der Waals surface area contributed by atoms with Crippen LogP contribution in [0.3, 0.4) is 0 Å². The van der Waals surface area contributed by atoms with Crippen LogP contribution in [0.25, 0.3) is 0 Å². The molecular formula is C17H21NO. The fourth-order valence-corrected chi connectivity index (χ4v) is 2.03. The summed E-state index contributed by atoms with van der Waals surface area (Å²) in [6.45, 7) is 6.75. The van der Waals surface area contributed by atoms with Crippen molar-refractivity contribution in [1.82, 2.24) is 0 Å². The Labute approximate surface area is 115 Å². The van der Waals surface area contributed by atoms with Gasteiger partial charge in [-0.2, -0.15) is 0 Å². The summed E-state index contributed by atoms with van der Waals surface area (Å²) in [5.74, 6) is 0.891. The van der Waals surface area contributed by atoms with Gasteiger partial charge < -0.3 is 10.5 Å². The first-order chi connectivity index (χ1) is 9.08. The standard InChI is InChI=1S/C17H21NO/c1-12-9-16(14(3)18)17(10-13(12)2)19-11-15-7-5-4-6-8-15/h4-10,14H,11,18H2,1-3H3. The predicted molar refractivity (Wildman–Crippen MR) is 79.3 cm³/mol. The first-order valence-electron chi connectivity index (χ1n) is 6.61. The summed E-state index contributed by atoms with van der Waals surface area (Å²) in [7, 11) is 0. The van der Waals surface area contributed by atoms with Crippen LogP contribution in [0.2, 0.25) is 0 Å². The Kier molecular flexibility index (Phi) is 4.23. The number of hydrogen-bond donors (Lipinski definition) is 1. The molecule has 19 heavy (non-hydrogen) atoms. The van der Waals surface area contributed by atoms with E-state index in [-0.39, 0.29) is 6.04 Å². The minimum absolute atomic E-state index is 0.0231. The molecule has 2 aromatic carbocycles. The molecule has 1 unspecified atom stereocenters. The Morgan fingerprint density at radius 1 is 1.05 bits per heavy atom. The molecule has 0 saturated carbocycles. The van der Waals surface area contributed by atoms with E-state index in [9.17, 15) is 0 Å². The second-order valence-electron chi connectivity index (χ2n) is 5.04. The summed E-state index contributed by atoms with van der Waals surface area (Å²) >= 11 is 0. The third-order valence-corrected chi connectivity index (χ3v) is 3.35. The summed E-state index contributed by atoms with van der Waals surface area (Å²) < 4.78 is 5.94. The van der Waals surface area contributed by atoms with Crippen molar-refractivity contribution in [1.29, 1.82) is 0 Å². The number of hydrogen-bond acceptors (Lipinski definition) is 2. The Bertz CT molecular complexity index is 547. The molecule has 0 aliphatic carbocycles. The Hall–Kier alpha value is -1.80. The average Bonchev–Trinajstić information content (AvgIpc) is 2.40. The highest BCUT2D eigenvalue weighted by Gasteiger charge is 2.10. The van der Waals surface area contributed by atoms with Crippen molar-refractivity contribution in [2.45, 2.75) is 33.4 Å². The van der Waals surface area contributed by atoms with Crippen molar-refractivity contribution in [3.05, 3.63) is 64.7 Å². The van der Waals surface area contributed by atoms with Crippen LogP contribution >= 0.6 is 0 Å². The number of ether oxygens (including phenoxy) is 1. The highest BCUT2D eigenvalue weighted by Crippen LogP contribution is 2.28.